The molecule has 4 nitrogen and oxygen atoms in total. The number of nitrogens with zero attached hydrogens (tertiary/aromatic N) is 1. The minimum atomic E-state index is -0.817. The van der Waals surface area contributed by atoms with Gasteiger partial charge in [0.25, 0.3) is 0 Å². The third kappa shape index (κ3) is 3.54. The Labute approximate surface area is 116 Å². The second-order valence-electron chi connectivity index (χ2n) is 4.41. The first kappa shape index (κ1) is 14.0. The Kier molecular flexibility index (Phi) is 4.65. The minimum absolute atomic E-state index is 0.225. The molecule has 0 fully saturated rings. The van der Waals surface area contributed by atoms with Crippen LogP contribution in [0, 0.1) is 15.9 Å². The molecule has 0 bridgehead atoms. The van der Waals surface area contributed by atoms with Gasteiger partial charge in [-0.25, -0.2) is 0 Å². The van der Waals surface area contributed by atoms with Crippen LogP contribution in [0.15, 0.2) is 48.5 Å². The quantitative estimate of drug-likeness (QED) is 0.495. The lowest BCUT2D eigenvalue weighted by Crippen LogP contribution is -2.06. The van der Waals surface area contributed by atoms with Crippen LogP contribution in [0.5, 0.6) is 0 Å². The number of aryl methyl sites for hydroxylation is 1. The number of benzene rings is 2. The van der Waals surface area contributed by atoms with Crippen molar-refractivity contribution in [2.45, 2.75) is 12.8 Å². The van der Waals surface area contributed by atoms with Crippen LogP contribution in [0.4, 0.5) is 15.8 Å². The van der Waals surface area contributed by atoms with Gasteiger partial charge in [-0.15, -0.1) is 0 Å². The Hall–Kier alpha value is -2.43. The zero-order valence-electron chi connectivity index (χ0n) is 10.9. The summed E-state index contributed by atoms with van der Waals surface area (Å²) in [5, 5.41) is 13.7. The van der Waals surface area contributed by atoms with Gasteiger partial charge in [-0.3, -0.25) is 10.1 Å². The van der Waals surface area contributed by atoms with Gasteiger partial charge in [-0.2, -0.15) is 4.39 Å². The molecule has 0 spiro atoms. The Morgan fingerprint density at radius 2 is 1.85 bits per heavy atom. The van der Waals surface area contributed by atoms with E-state index < -0.39 is 16.4 Å². The monoisotopic (exact) mass is 274 g/mol. The Balaban J connectivity index is 1.92. The molecule has 0 atom stereocenters. The standard InChI is InChI=1S/C15H15FN2O2/c16-13-9-4-10-14(15(13)18(19)20)17-11-5-8-12-6-2-1-3-7-12/h1-4,6-7,9-10,17H,5,8,11H2. The van der Waals surface area contributed by atoms with Crippen LogP contribution in [0.2, 0.25) is 0 Å². The molecule has 0 aromatic heterocycles. The highest BCUT2D eigenvalue weighted by molar-refractivity contribution is 5.61. The first-order valence-electron chi connectivity index (χ1n) is 6.39. The van der Waals surface area contributed by atoms with E-state index >= 15 is 0 Å². The molecule has 0 aliphatic carbocycles. The lowest BCUT2D eigenvalue weighted by Gasteiger charge is -2.07. The maximum atomic E-state index is 13.4. The van der Waals surface area contributed by atoms with Crippen LogP contribution in [-0.4, -0.2) is 11.5 Å². The predicted octanol–water partition coefficient (Wildman–Crippen LogP) is 3.78. The lowest BCUT2D eigenvalue weighted by atomic mass is 10.1. The van der Waals surface area contributed by atoms with E-state index in [4.69, 9.17) is 0 Å². The number of halogens is 1. The van der Waals surface area contributed by atoms with Gasteiger partial charge in [-0.05, 0) is 30.5 Å². The largest absolute Gasteiger partial charge is 0.379 e. The van der Waals surface area contributed by atoms with Crippen molar-refractivity contribution in [2.75, 3.05) is 11.9 Å². The van der Waals surface area contributed by atoms with E-state index in [-0.39, 0.29) is 5.69 Å². The molecule has 0 radical (unpaired) electrons. The fraction of sp³-hybridized carbons (Fsp3) is 0.200. The summed E-state index contributed by atoms with van der Waals surface area (Å²) in [6.45, 7) is 0.555. The van der Waals surface area contributed by atoms with E-state index in [0.29, 0.717) is 6.54 Å². The van der Waals surface area contributed by atoms with E-state index in [1.807, 2.05) is 30.3 Å². The van der Waals surface area contributed by atoms with Crippen LogP contribution in [0.1, 0.15) is 12.0 Å². The fourth-order valence-corrected chi connectivity index (χ4v) is 2.00. The maximum Gasteiger partial charge on any atom is 0.327 e. The summed E-state index contributed by atoms with van der Waals surface area (Å²) < 4.78 is 13.4. The SMILES string of the molecule is O=[N+]([O-])c1c(F)cccc1NCCCc1ccccc1. The van der Waals surface area contributed by atoms with Crippen molar-refractivity contribution in [1.29, 1.82) is 0 Å². The molecule has 0 heterocycles. The van der Waals surface area contributed by atoms with Gasteiger partial charge in [-0.1, -0.05) is 36.4 Å². The van der Waals surface area contributed by atoms with Crippen LogP contribution in [-0.2, 0) is 6.42 Å². The molecule has 0 saturated heterocycles. The van der Waals surface area contributed by atoms with Crippen LogP contribution in [0.25, 0.3) is 0 Å². The molecular formula is C15H15FN2O2. The maximum absolute atomic E-state index is 13.4. The second kappa shape index (κ2) is 6.65. The smallest absolute Gasteiger partial charge is 0.327 e. The molecule has 2 rings (SSSR count). The third-order valence-corrected chi connectivity index (χ3v) is 2.97. The number of nitro benzene ring substituents is 1. The number of hydrogen-bond acceptors (Lipinski definition) is 3. The van der Waals surface area contributed by atoms with E-state index in [1.165, 1.54) is 17.7 Å². The molecule has 0 aliphatic heterocycles. The van der Waals surface area contributed by atoms with Crippen molar-refractivity contribution in [2.24, 2.45) is 0 Å². The first-order chi connectivity index (χ1) is 9.68. The predicted molar refractivity (Wildman–Crippen MR) is 76.3 cm³/mol. The molecule has 0 unspecified atom stereocenters. The van der Waals surface area contributed by atoms with Gasteiger partial charge in [0.1, 0.15) is 5.69 Å². The summed E-state index contributed by atoms with van der Waals surface area (Å²) in [5.74, 6) is -0.817. The van der Waals surface area contributed by atoms with Gasteiger partial charge in [0.05, 0.1) is 4.92 Å². The summed E-state index contributed by atoms with van der Waals surface area (Å²) in [7, 11) is 0. The van der Waals surface area contributed by atoms with Crippen molar-refractivity contribution >= 4 is 11.4 Å². The van der Waals surface area contributed by atoms with Crippen molar-refractivity contribution in [3.63, 3.8) is 0 Å². The second-order valence-corrected chi connectivity index (χ2v) is 4.41. The summed E-state index contributed by atoms with van der Waals surface area (Å²) in [5.41, 5.74) is 0.943. The van der Waals surface area contributed by atoms with E-state index in [2.05, 4.69) is 5.32 Å². The van der Waals surface area contributed by atoms with Crippen molar-refractivity contribution in [3.8, 4) is 0 Å². The summed E-state index contributed by atoms with van der Waals surface area (Å²) in [6, 6.07) is 14.0. The Morgan fingerprint density at radius 3 is 2.55 bits per heavy atom. The number of anilines is 1. The highest BCUT2D eigenvalue weighted by Crippen LogP contribution is 2.27. The number of nitro groups is 1. The minimum Gasteiger partial charge on any atom is -0.379 e. The third-order valence-electron chi connectivity index (χ3n) is 2.97. The van der Waals surface area contributed by atoms with Crippen molar-refractivity contribution in [3.05, 3.63) is 70.0 Å². The number of hydrogen-bond donors (Lipinski definition) is 1. The first-order valence-corrected chi connectivity index (χ1v) is 6.39. The lowest BCUT2D eigenvalue weighted by molar-refractivity contribution is -0.386. The fourth-order valence-electron chi connectivity index (χ4n) is 2.00. The van der Waals surface area contributed by atoms with Gasteiger partial charge >= 0.3 is 5.69 Å². The van der Waals surface area contributed by atoms with Crippen LogP contribution >= 0.6 is 0 Å². The molecule has 104 valence electrons. The molecule has 0 aliphatic rings. The van der Waals surface area contributed by atoms with E-state index in [1.54, 1.807) is 0 Å². The Morgan fingerprint density at radius 1 is 1.10 bits per heavy atom. The molecular weight excluding hydrogens is 259 g/mol. The number of para-hydroxylation sites is 1. The van der Waals surface area contributed by atoms with Gasteiger partial charge in [0, 0.05) is 6.54 Å². The Bertz CT molecular complexity index is 588. The average Bonchev–Trinajstić information content (AvgIpc) is 2.44. The molecule has 0 amide bonds. The molecule has 1 N–H and O–H groups in total. The van der Waals surface area contributed by atoms with Crippen molar-refractivity contribution < 1.29 is 9.31 Å². The number of nitrogens with one attached hydrogen (secondary N) is 1. The normalized spacial score (nSPS) is 10.2. The van der Waals surface area contributed by atoms with E-state index in [9.17, 15) is 14.5 Å². The zero-order valence-corrected chi connectivity index (χ0v) is 10.9. The highest BCUT2D eigenvalue weighted by atomic mass is 19.1. The topological polar surface area (TPSA) is 55.2 Å². The average molecular weight is 274 g/mol. The van der Waals surface area contributed by atoms with Crippen LogP contribution in [0.3, 0.4) is 0 Å². The molecule has 0 saturated carbocycles. The zero-order chi connectivity index (χ0) is 14.4. The molecule has 2 aromatic rings. The highest BCUT2D eigenvalue weighted by Gasteiger charge is 2.19. The van der Waals surface area contributed by atoms with Gasteiger partial charge in [0.2, 0.25) is 5.82 Å². The van der Waals surface area contributed by atoms with E-state index in [0.717, 1.165) is 18.9 Å². The van der Waals surface area contributed by atoms with Gasteiger partial charge in [0.15, 0.2) is 0 Å². The molecule has 20 heavy (non-hydrogen) atoms. The molecule has 2 aromatic carbocycles. The summed E-state index contributed by atoms with van der Waals surface area (Å²) in [6.07, 6.45) is 1.69. The van der Waals surface area contributed by atoms with Crippen molar-refractivity contribution in [1.82, 2.24) is 0 Å². The summed E-state index contributed by atoms with van der Waals surface area (Å²) in [4.78, 5) is 10.1. The van der Waals surface area contributed by atoms with Gasteiger partial charge < -0.3 is 5.32 Å². The van der Waals surface area contributed by atoms with Crippen LogP contribution < -0.4 is 5.32 Å². The number of rotatable bonds is 6. The molecule has 5 heteroatoms. The summed E-state index contributed by atoms with van der Waals surface area (Å²) >= 11 is 0.